The smallest absolute Gasteiger partial charge is 0.0915 e. The number of hydrogen-bond donors (Lipinski definition) is 0. The van der Waals surface area contributed by atoms with Crippen molar-refractivity contribution >= 4 is 5.57 Å². The molecule has 0 radical (unpaired) electrons. The van der Waals surface area contributed by atoms with Gasteiger partial charge in [-0.3, -0.25) is 0 Å². The van der Waals surface area contributed by atoms with Crippen LogP contribution in [0.25, 0.3) is 5.57 Å². The highest BCUT2D eigenvalue weighted by molar-refractivity contribution is 5.73. The molecule has 0 atom stereocenters. The van der Waals surface area contributed by atoms with Crippen molar-refractivity contribution in [2.45, 2.75) is 50.4 Å². The second kappa shape index (κ2) is 4.61. The summed E-state index contributed by atoms with van der Waals surface area (Å²) in [6, 6.07) is 11.0. The van der Waals surface area contributed by atoms with Crippen LogP contribution in [0.15, 0.2) is 30.3 Å². The number of hydrogen-bond acceptors (Lipinski definition) is 1. The predicted molar refractivity (Wildman–Crippen MR) is 74.0 cm³/mol. The fourth-order valence-electron chi connectivity index (χ4n) is 3.84. The van der Waals surface area contributed by atoms with Crippen molar-refractivity contribution in [2.24, 2.45) is 0 Å². The van der Waals surface area contributed by atoms with Crippen LogP contribution in [-0.2, 0) is 5.41 Å². The third-order valence-electron chi connectivity index (χ3n) is 4.77. The first kappa shape index (κ1) is 11.5. The molecule has 1 aromatic rings. The van der Waals surface area contributed by atoms with Gasteiger partial charge in [-0.1, -0.05) is 43.5 Å². The lowest BCUT2D eigenvalue weighted by molar-refractivity contribution is 0.271. The number of nitriles is 1. The molecule has 0 N–H and O–H groups in total. The highest BCUT2D eigenvalue weighted by atomic mass is 14.4. The van der Waals surface area contributed by atoms with Crippen molar-refractivity contribution in [3.63, 3.8) is 0 Å². The van der Waals surface area contributed by atoms with Gasteiger partial charge in [-0.15, -0.1) is 0 Å². The first-order chi connectivity index (χ1) is 8.86. The fraction of sp³-hybridized carbons (Fsp3) is 0.471. The van der Waals surface area contributed by atoms with E-state index in [1.807, 2.05) is 0 Å². The van der Waals surface area contributed by atoms with E-state index >= 15 is 0 Å². The van der Waals surface area contributed by atoms with E-state index in [0.29, 0.717) is 5.41 Å². The van der Waals surface area contributed by atoms with Gasteiger partial charge in [-0.05, 0) is 47.8 Å². The van der Waals surface area contributed by atoms with Crippen molar-refractivity contribution in [1.29, 1.82) is 5.26 Å². The molecule has 1 spiro atoms. The number of allylic oxidation sites excluding steroid dienone is 2. The van der Waals surface area contributed by atoms with Gasteiger partial charge in [0.05, 0.1) is 6.07 Å². The second-order valence-corrected chi connectivity index (χ2v) is 5.69. The van der Waals surface area contributed by atoms with Crippen molar-refractivity contribution in [3.05, 3.63) is 41.5 Å². The molecule has 0 bridgehead atoms. The maximum absolute atomic E-state index is 8.92. The SMILES string of the molecule is N#CC=C1CCC2(CCCCC2)c2ccccc21. The lowest BCUT2D eigenvalue weighted by Gasteiger charge is -2.43. The zero-order chi connectivity index (χ0) is 12.4. The Morgan fingerprint density at radius 1 is 1.06 bits per heavy atom. The average Bonchev–Trinajstić information content (AvgIpc) is 2.44. The minimum absolute atomic E-state index is 0.418. The fourth-order valence-corrected chi connectivity index (χ4v) is 3.84. The lowest BCUT2D eigenvalue weighted by atomic mass is 9.61. The standard InChI is InChI=1S/C17H19N/c18-13-9-14-8-12-17(10-4-1-5-11-17)16-7-3-2-6-15(14)16/h2-3,6-7,9H,1,4-5,8,10-12H2. The molecule has 1 aromatic carbocycles. The first-order valence-electron chi connectivity index (χ1n) is 7.04. The highest BCUT2D eigenvalue weighted by Crippen LogP contribution is 2.50. The van der Waals surface area contributed by atoms with Crippen LogP contribution >= 0.6 is 0 Å². The quantitative estimate of drug-likeness (QED) is 0.605. The van der Waals surface area contributed by atoms with Gasteiger partial charge in [0.25, 0.3) is 0 Å². The molecule has 0 aliphatic heterocycles. The van der Waals surface area contributed by atoms with Gasteiger partial charge in [0, 0.05) is 6.08 Å². The minimum Gasteiger partial charge on any atom is -0.193 e. The van der Waals surface area contributed by atoms with Crippen molar-refractivity contribution < 1.29 is 0 Å². The molecule has 0 aromatic heterocycles. The summed E-state index contributed by atoms with van der Waals surface area (Å²) >= 11 is 0. The number of nitrogens with zero attached hydrogens (tertiary/aromatic N) is 1. The summed E-state index contributed by atoms with van der Waals surface area (Å²) in [7, 11) is 0. The Morgan fingerprint density at radius 3 is 2.61 bits per heavy atom. The summed E-state index contributed by atoms with van der Waals surface area (Å²) in [6.45, 7) is 0. The van der Waals surface area contributed by atoms with Gasteiger partial charge in [-0.2, -0.15) is 5.26 Å². The monoisotopic (exact) mass is 237 g/mol. The molecule has 92 valence electrons. The third-order valence-corrected chi connectivity index (χ3v) is 4.77. The Bertz CT molecular complexity index is 513. The van der Waals surface area contributed by atoms with E-state index < -0.39 is 0 Å². The first-order valence-corrected chi connectivity index (χ1v) is 7.04. The van der Waals surface area contributed by atoms with E-state index in [-0.39, 0.29) is 0 Å². The summed E-state index contributed by atoms with van der Waals surface area (Å²) in [5.74, 6) is 0. The maximum Gasteiger partial charge on any atom is 0.0915 e. The summed E-state index contributed by atoms with van der Waals surface area (Å²) in [5, 5.41) is 8.92. The van der Waals surface area contributed by atoms with Crippen LogP contribution in [-0.4, -0.2) is 0 Å². The van der Waals surface area contributed by atoms with Crippen molar-refractivity contribution in [2.75, 3.05) is 0 Å². The molecule has 0 saturated heterocycles. The van der Waals surface area contributed by atoms with E-state index in [2.05, 4.69) is 30.3 Å². The average molecular weight is 237 g/mol. The highest BCUT2D eigenvalue weighted by Gasteiger charge is 2.38. The van der Waals surface area contributed by atoms with Crippen LogP contribution in [0, 0.1) is 11.3 Å². The summed E-state index contributed by atoms with van der Waals surface area (Å²) < 4.78 is 0. The molecule has 18 heavy (non-hydrogen) atoms. The topological polar surface area (TPSA) is 23.8 Å². The van der Waals surface area contributed by atoms with Crippen LogP contribution in [0.2, 0.25) is 0 Å². The van der Waals surface area contributed by atoms with Gasteiger partial charge in [0.2, 0.25) is 0 Å². The van der Waals surface area contributed by atoms with E-state index in [4.69, 9.17) is 5.26 Å². The molecular formula is C17H19N. The number of benzene rings is 1. The number of rotatable bonds is 0. The van der Waals surface area contributed by atoms with Crippen LogP contribution in [0.1, 0.15) is 56.1 Å². The van der Waals surface area contributed by atoms with E-state index in [0.717, 1.165) is 6.42 Å². The Labute approximate surface area is 109 Å². The molecule has 2 aliphatic carbocycles. The zero-order valence-electron chi connectivity index (χ0n) is 10.8. The van der Waals surface area contributed by atoms with Crippen molar-refractivity contribution in [3.8, 4) is 6.07 Å². The summed E-state index contributed by atoms with van der Waals surface area (Å²) in [6.07, 6.45) is 10.9. The summed E-state index contributed by atoms with van der Waals surface area (Å²) in [4.78, 5) is 0. The van der Waals surface area contributed by atoms with Crippen LogP contribution < -0.4 is 0 Å². The number of fused-ring (bicyclic) bond motifs is 2. The second-order valence-electron chi connectivity index (χ2n) is 5.69. The molecular weight excluding hydrogens is 218 g/mol. The molecule has 0 amide bonds. The molecule has 0 unspecified atom stereocenters. The molecule has 1 fully saturated rings. The van der Waals surface area contributed by atoms with Gasteiger partial charge in [0.15, 0.2) is 0 Å². The Kier molecular flexibility index (Phi) is 2.96. The van der Waals surface area contributed by atoms with Crippen LogP contribution in [0.4, 0.5) is 0 Å². The molecule has 1 nitrogen and oxygen atoms in total. The molecule has 1 saturated carbocycles. The molecule has 0 heterocycles. The largest absolute Gasteiger partial charge is 0.193 e. The van der Waals surface area contributed by atoms with Gasteiger partial charge >= 0.3 is 0 Å². The normalized spacial score (nSPS) is 23.6. The third kappa shape index (κ3) is 1.77. The van der Waals surface area contributed by atoms with E-state index in [9.17, 15) is 0 Å². The Hall–Kier alpha value is -1.55. The molecule has 1 heteroatoms. The Morgan fingerprint density at radius 2 is 1.83 bits per heavy atom. The van der Waals surface area contributed by atoms with E-state index in [1.165, 1.54) is 55.2 Å². The molecule has 2 aliphatic rings. The van der Waals surface area contributed by atoms with Crippen LogP contribution in [0.5, 0.6) is 0 Å². The van der Waals surface area contributed by atoms with Gasteiger partial charge in [0.1, 0.15) is 0 Å². The zero-order valence-corrected chi connectivity index (χ0v) is 10.8. The van der Waals surface area contributed by atoms with Gasteiger partial charge < -0.3 is 0 Å². The molecule has 3 rings (SSSR count). The lowest BCUT2D eigenvalue weighted by Crippen LogP contribution is -2.32. The minimum atomic E-state index is 0.418. The maximum atomic E-state index is 8.92. The predicted octanol–water partition coefficient (Wildman–Crippen LogP) is 4.59. The summed E-state index contributed by atoms with van der Waals surface area (Å²) in [5.41, 5.74) is 4.51. The van der Waals surface area contributed by atoms with Crippen molar-refractivity contribution in [1.82, 2.24) is 0 Å². The van der Waals surface area contributed by atoms with Gasteiger partial charge in [-0.25, -0.2) is 0 Å². The Balaban J connectivity index is 2.10. The van der Waals surface area contributed by atoms with Crippen LogP contribution in [0.3, 0.4) is 0 Å². The van der Waals surface area contributed by atoms with E-state index in [1.54, 1.807) is 6.08 Å².